The van der Waals surface area contributed by atoms with Crippen LogP contribution in [0.2, 0.25) is 0 Å². The summed E-state index contributed by atoms with van der Waals surface area (Å²) in [4.78, 5) is 13.7. The fourth-order valence-electron chi connectivity index (χ4n) is 1.74. The van der Waals surface area contributed by atoms with E-state index >= 15 is 0 Å². The van der Waals surface area contributed by atoms with Gasteiger partial charge < -0.3 is 9.64 Å². The summed E-state index contributed by atoms with van der Waals surface area (Å²) in [6.45, 7) is 3.74. The van der Waals surface area contributed by atoms with Crippen LogP contribution in [0.15, 0.2) is 18.2 Å². The predicted molar refractivity (Wildman–Crippen MR) is 65.1 cm³/mol. The van der Waals surface area contributed by atoms with Crippen molar-refractivity contribution >= 4 is 5.91 Å². The molecule has 5 heteroatoms. The van der Waals surface area contributed by atoms with Crippen molar-refractivity contribution in [2.24, 2.45) is 0 Å². The van der Waals surface area contributed by atoms with Crippen LogP contribution < -0.4 is 4.74 Å². The smallest absolute Gasteiger partial charge is 0.387 e. The van der Waals surface area contributed by atoms with Gasteiger partial charge in [-0.15, -0.1) is 0 Å². The summed E-state index contributed by atoms with van der Waals surface area (Å²) in [6, 6.07) is 4.49. The molecule has 0 spiro atoms. The quantitative estimate of drug-likeness (QED) is 0.811. The van der Waals surface area contributed by atoms with Crippen molar-refractivity contribution in [2.75, 3.05) is 13.1 Å². The Labute approximate surface area is 105 Å². The molecule has 0 bridgehead atoms. The van der Waals surface area contributed by atoms with Gasteiger partial charge in [0.1, 0.15) is 5.75 Å². The molecule has 0 heterocycles. The molecule has 1 aromatic rings. The molecule has 1 amide bonds. The van der Waals surface area contributed by atoms with Crippen LogP contribution in [0.1, 0.15) is 29.8 Å². The molecule has 0 aliphatic carbocycles. The van der Waals surface area contributed by atoms with E-state index in [9.17, 15) is 13.6 Å². The van der Waals surface area contributed by atoms with Gasteiger partial charge in [-0.25, -0.2) is 0 Å². The molecule has 0 saturated carbocycles. The second-order valence-electron chi connectivity index (χ2n) is 3.89. The third kappa shape index (κ3) is 3.68. The minimum absolute atomic E-state index is 0.0144. The van der Waals surface area contributed by atoms with Crippen molar-refractivity contribution in [1.82, 2.24) is 4.90 Å². The van der Waals surface area contributed by atoms with Crippen LogP contribution in [0, 0.1) is 6.92 Å². The molecule has 0 aliphatic heterocycles. The number of hydrogen-bond donors (Lipinski definition) is 0. The van der Waals surface area contributed by atoms with Crippen molar-refractivity contribution in [3.8, 4) is 5.75 Å². The number of aryl methyl sites for hydroxylation is 1. The van der Waals surface area contributed by atoms with Gasteiger partial charge in [0, 0.05) is 18.7 Å². The maximum atomic E-state index is 12.2. The first-order valence-corrected chi connectivity index (χ1v) is 5.83. The lowest BCUT2D eigenvalue weighted by atomic mass is 10.1. The van der Waals surface area contributed by atoms with Crippen LogP contribution in [0.25, 0.3) is 0 Å². The highest BCUT2D eigenvalue weighted by Crippen LogP contribution is 2.20. The van der Waals surface area contributed by atoms with Gasteiger partial charge in [0.25, 0.3) is 5.91 Å². The monoisotopic (exact) mass is 257 g/mol. The van der Waals surface area contributed by atoms with Gasteiger partial charge in [-0.3, -0.25) is 4.79 Å². The summed E-state index contributed by atoms with van der Waals surface area (Å²) in [5.41, 5.74) is 1.08. The minimum Gasteiger partial charge on any atom is -0.435 e. The van der Waals surface area contributed by atoms with Gasteiger partial charge in [-0.2, -0.15) is 8.78 Å². The number of halogens is 2. The topological polar surface area (TPSA) is 29.5 Å². The largest absolute Gasteiger partial charge is 0.435 e. The Morgan fingerprint density at radius 1 is 1.28 bits per heavy atom. The number of benzene rings is 1. The van der Waals surface area contributed by atoms with Crippen LogP contribution >= 0.6 is 0 Å². The Morgan fingerprint density at radius 2 is 1.89 bits per heavy atom. The van der Waals surface area contributed by atoms with E-state index < -0.39 is 6.61 Å². The zero-order valence-electron chi connectivity index (χ0n) is 10.7. The predicted octanol–water partition coefficient (Wildman–Crippen LogP) is 3.08. The van der Waals surface area contributed by atoms with Crippen molar-refractivity contribution in [3.05, 3.63) is 29.3 Å². The molecule has 100 valence electrons. The third-order valence-electron chi connectivity index (χ3n) is 2.57. The Bertz CT molecular complexity index is 417. The van der Waals surface area contributed by atoms with Crippen LogP contribution in [-0.2, 0) is 0 Å². The lowest BCUT2D eigenvalue weighted by Crippen LogP contribution is -2.30. The first kappa shape index (κ1) is 14.4. The van der Waals surface area contributed by atoms with E-state index in [1.165, 1.54) is 12.1 Å². The standard InChI is InChI=1S/C13H17F2NO2/c1-4-16(5-2)12(17)10-6-9(3)7-11(8-10)18-13(14)15/h6-8,13H,4-5H2,1-3H3. The van der Waals surface area contributed by atoms with Crippen molar-refractivity contribution in [1.29, 1.82) is 0 Å². The lowest BCUT2D eigenvalue weighted by molar-refractivity contribution is -0.0499. The highest BCUT2D eigenvalue weighted by atomic mass is 19.3. The Balaban J connectivity index is 3.01. The summed E-state index contributed by atoms with van der Waals surface area (Å²) in [5, 5.41) is 0. The average molecular weight is 257 g/mol. The molecule has 0 unspecified atom stereocenters. The van der Waals surface area contributed by atoms with Gasteiger partial charge in [-0.1, -0.05) is 0 Å². The Kier molecular flexibility index (Phi) is 5.07. The van der Waals surface area contributed by atoms with Crippen LogP contribution in [0.3, 0.4) is 0 Å². The molecule has 18 heavy (non-hydrogen) atoms. The SMILES string of the molecule is CCN(CC)C(=O)c1cc(C)cc(OC(F)F)c1. The van der Waals surface area contributed by atoms with E-state index in [1.54, 1.807) is 17.9 Å². The van der Waals surface area contributed by atoms with Gasteiger partial charge in [0.15, 0.2) is 0 Å². The number of carbonyl (C=O) groups excluding carboxylic acids is 1. The highest BCUT2D eigenvalue weighted by Gasteiger charge is 2.15. The Morgan fingerprint density at radius 3 is 2.39 bits per heavy atom. The van der Waals surface area contributed by atoms with E-state index in [4.69, 9.17) is 0 Å². The third-order valence-corrected chi connectivity index (χ3v) is 2.57. The number of carbonyl (C=O) groups is 1. The number of ether oxygens (including phenoxy) is 1. The molecule has 0 aromatic heterocycles. The summed E-state index contributed by atoms with van der Waals surface area (Å²) in [6.07, 6.45) is 0. The zero-order valence-corrected chi connectivity index (χ0v) is 10.7. The number of hydrogen-bond acceptors (Lipinski definition) is 2. The van der Waals surface area contributed by atoms with E-state index in [0.29, 0.717) is 24.2 Å². The fourth-order valence-corrected chi connectivity index (χ4v) is 1.74. The van der Waals surface area contributed by atoms with Gasteiger partial charge in [-0.05, 0) is 44.5 Å². The molecule has 0 N–H and O–H groups in total. The molecule has 1 aromatic carbocycles. The summed E-state index contributed by atoms with van der Waals surface area (Å²) < 4.78 is 28.6. The minimum atomic E-state index is -2.89. The van der Waals surface area contributed by atoms with E-state index in [0.717, 1.165) is 0 Å². The van der Waals surface area contributed by atoms with E-state index in [2.05, 4.69) is 4.74 Å². The average Bonchev–Trinajstić information content (AvgIpc) is 2.28. The molecule has 3 nitrogen and oxygen atoms in total. The molecule has 0 fully saturated rings. The van der Waals surface area contributed by atoms with Crippen molar-refractivity contribution < 1.29 is 18.3 Å². The van der Waals surface area contributed by atoms with Crippen molar-refractivity contribution in [2.45, 2.75) is 27.4 Å². The number of rotatable bonds is 5. The molecule has 0 aliphatic rings. The van der Waals surface area contributed by atoms with Crippen LogP contribution in [0.5, 0.6) is 5.75 Å². The molecular formula is C13H17F2NO2. The van der Waals surface area contributed by atoms with E-state index in [-0.39, 0.29) is 11.7 Å². The normalized spacial score (nSPS) is 10.6. The fraction of sp³-hybridized carbons (Fsp3) is 0.462. The second-order valence-corrected chi connectivity index (χ2v) is 3.89. The first-order valence-electron chi connectivity index (χ1n) is 5.83. The number of amides is 1. The van der Waals surface area contributed by atoms with Gasteiger partial charge in [0.05, 0.1) is 0 Å². The Hall–Kier alpha value is -1.65. The molecular weight excluding hydrogens is 240 g/mol. The second kappa shape index (κ2) is 6.33. The zero-order chi connectivity index (χ0) is 13.7. The maximum absolute atomic E-state index is 12.2. The summed E-state index contributed by atoms with van der Waals surface area (Å²) in [7, 11) is 0. The van der Waals surface area contributed by atoms with Gasteiger partial charge >= 0.3 is 6.61 Å². The molecule has 0 saturated heterocycles. The first-order chi connectivity index (χ1) is 8.47. The molecule has 0 atom stereocenters. The highest BCUT2D eigenvalue weighted by molar-refractivity contribution is 5.94. The maximum Gasteiger partial charge on any atom is 0.387 e. The summed E-state index contributed by atoms with van der Waals surface area (Å²) >= 11 is 0. The number of nitrogens with zero attached hydrogens (tertiary/aromatic N) is 1. The van der Waals surface area contributed by atoms with Gasteiger partial charge in [0.2, 0.25) is 0 Å². The molecule has 0 radical (unpaired) electrons. The van der Waals surface area contributed by atoms with Crippen LogP contribution in [-0.4, -0.2) is 30.5 Å². The number of alkyl halides is 2. The lowest BCUT2D eigenvalue weighted by Gasteiger charge is -2.19. The summed E-state index contributed by atoms with van der Waals surface area (Å²) in [5.74, 6) is -0.164. The molecule has 1 rings (SSSR count). The van der Waals surface area contributed by atoms with Crippen molar-refractivity contribution in [3.63, 3.8) is 0 Å². The van der Waals surface area contributed by atoms with E-state index in [1.807, 2.05) is 13.8 Å². The van der Waals surface area contributed by atoms with Crippen LogP contribution in [0.4, 0.5) is 8.78 Å².